The molecule has 1 saturated heterocycles. The Morgan fingerprint density at radius 1 is 0.800 bits per heavy atom. The molecule has 3 aromatic carbocycles. The highest BCUT2D eigenvalue weighted by Gasteiger charge is 2.39. The second kappa shape index (κ2) is 14.4. The van der Waals surface area contributed by atoms with Crippen LogP contribution in [0.1, 0.15) is 66.2 Å². The number of aliphatic carboxylic acids is 1. The average Bonchev–Trinajstić information content (AvgIpc) is 3.60. The minimum absolute atomic E-state index is 0.0972. The van der Waals surface area contributed by atoms with Gasteiger partial charge in [-0.2, -0.15) is 0 Å². The predicted octanol–water partition coefficient (Wildman–Crippen LogP) is 7.84. The number of carbonyl (C=O) groups is 3. The summed E-state index contributed by atoms with van der Waals surface area (Å²) < 4.78 is 0. The Morgan fingerprint density at radius 3 is 1.86 bits per heavy atom. The molecule has 2 N–H and O–H groups in total. The Hall–Kier alpha value is -5.15. The molecule has 6 rings (SSSR count). The number of carbonyl (C=O) groups excluding carboxylic acids is 2. The molecule has 0 saturated carbocycles. The first-order valence-corrected chi connectivity index (χ1v) is 17.7. The Bertz CT molecular complexity index is 1970. The molecule has 2 amide bonds. The van der Waals surface area contributed by atoms with E-state index in [4.69, 9.17) is 0 Å². The van der Waals surface area contributed by atoms with Crippen LogP contribution in [-0.4, -0.2) is 56.9 Å². The fraction of sp³-hybridized carbons (Fsp3) is 0.293. The maximum Gasteiger partial charge on any atom is 0.310 e. The third-order valence-electron chi connectivity index (χ3n) is 9.15. The Labute approximate surface area is 297 Å². The maximum absolute atomic E-state index is 13.5. The summed E-state index contributed by atoms with van der Waals surface area (Å²) >= 11 is 1.41. The number of nitrogens with zero attached hydrogens (tertiary/aromatic N) is 3. The predicted molar refractivity (Wildman–Crippen MR) is 198 cm³/mol. The zero-order valence-corrected chi connectivity index (χ0v) is 29.8. The molecular formula is C41H42N4O4S. The van der Waals surface area contributed by atoms with Crippen molar-refractivity contribution in [2.75, 3.05) is 13.1 Å². The van der Waals surface area contributed by atoms with Crippen LogP contribution in [0, 0.1) is 5.92 Å². The largest absolute Gasteiger partial charge is 0.481 e. The molecule has 2 aromatic heterocycles. The van der Waals surface area contributed by atoms with Crippen molar-refractivity contribution in [3.05, 3.63) is 118 Å². The second-order valence-corrected chi connectivity index (χ2v) is 15.4. The van der Waals surface area contributed by atoms with Gasteiger partial charge in [-0.3, -0.25) is 14.4 Å². The smallest absolute Gasteiger partial charge is 0.310 e. The van der Waals surface area contributed by atoms with Crippen LogP contribution in [0.15, 0.2) is 97.3 Å². The van der Waals surface area contributed by atoms with Crippen molar-refractivity contribution < 1.29 is 19.5 Å². The summed E-state index contributed by atoms with van der Waals surface area (Å²) in [5.41, 5.74) is 7.18. The second-order valence-electron chi connectivity index (χ2n) is 14.3. The van der Waals surface area contributed by atoms with Crippen LogP contribution in [0.5, 0.6) is 0 Å². The molecule has 50 heavy (non-hydrogen) atoms. The van der Waals surface area contributed by atoms with E-state index in [0.717, 1.165) is 32.7 Å². The summed E-state index contributed by atoms with van der Waals surface area (Å²) in [7, 11) is 0. The monoisotopic (exact) mass is 686 g/mol. The summed E-state index contributed by atoms with van der Waals surface area (Å²) in [6.07, 6.45) is 3.90. The molecule has 8 nitrogen and oxygen atoms in total. The Morgan fingerprint density at radius 2 is 1.34 bits per heavy atom. The minimum Gasteiger partial charge on any atom is -0.481 e. The molecule has 256 valence electrons. The van der Waals surface area contributed by atoms with E-state index in [1.165, 1.54) is 27.4 Å². The maximum atomic E-state index is 13.5. The molecule has 0 aliphatic carbocycles. The van der Waals surface area contributed by atoms with Gasteiger partial charge in [0.25, 0.3) is 5.91 Å². The molecule has 0 bridgehead atoms. The number of carboxylic acid groups (broad SMARTS) is 1. The standard InChI is InChI=1S/C41H42N4O4S/c1-25(2)27-10-12-28(13-11-27)29-14-16-30(17-15-29)32-21-42-37(43-22-32)31-8-6-26(7-9-31)20-34(39(47)45-23-33(24-45)40(48)49)44-38(46)35-18-19-36(50-35)41(3,4)5/h6-19,21-22,25,33-34H,20,23-24H2,1-5H3,(H,44,46)(H,48,49)/t34-/m0/s1. The van der Waals surface area contributed by atoms with E-state index in [2.05, 4.69) is 98.4 Å². The molecule has 0 spiro atoms. The lowest BCUT2D eigenvalue weighted by molar-refractivity contribution is -0.153. The number of aromatic nitrogens is 2. The van der Waals surface area contributed by atoms with Gasteiger partial charge in [-0.1, -0.05) is 107 Å². The first-order chi connectivity index (χ1) is 23.9. The number of hydrogen-bond donors (Lipinski definition) is 2. The average molecular weight is 687 g/mol. The first kappa shape index (κ1) is 34.7. The van der Waals surface area contributed by atoms with Gasteiger partial charge >= 0.3 is 5.97 Å². The van der Waals surface area contributed by atoms with Gasteiger partial charge in [0.1, 0.15) is 6.04 Å². The van der Waals surface area contributed by atoms with E-state index in [9.17, 15) is 19.5 Å². The van der Waals surface area contributed by atoms with Gasteiger partial charge in [-0.15, -0.1) is 11.3 Å². The van der Waals surface area contributed by atoms with Crippen LogP contribution in [0.3, 0.4) is 0 Å². The number of nitrogens with one attached hydrogen (secondary N) is 1. The zero-order valence-electron chi connectivity index (χ0n) is 29.0. The van der Waals surface area contributed by atoms with E-state index in [1.54, 1.807) is 6.07 Å². The molecule has 0 radical (unpaired) electrons. The van der Waals surface area contributed by atoms with Crippen molar-refractivity contribution in [2.24, 2.45) is 5.92 Å². The number of likely N-dealkylation sites (tertiary alicyclic amines) is 1. The van der Waals surface area contributed by atoms with Gasteiger partial charge in [-0.05, 0) is 51.3 Å². The van der Waals surface area contributed by atoms with Gasteiger partial charge in [0, 0.05) is 47.9 Å². The van der Waals surface area contributed by atoms with Crippen molar-refractivity contribution in [1.82, 2.24) is 20.2 Å². The molecule has 3 heterocycles. The molecule has 1 fully saturated rings. The molecule has 0 unspecified atom stereocenters. The Kier molecular flexibility index (Phi) is 9.97. The van der Waals surface area contributed by atoms with Gasteiger partial charge in [-0.25, -0.2) is 9.97 Å². The quantitative estimate of drug-likeness (QED) is 0.155. The fourth-order valence-electron chi connectivity index (χ4n) is 5.89. The summed E-state index contributed by atoms with van der Waals surface area (Å²) in [6.45, 7) is 10.9. The van der Waals surface area contributed by atoms with E-state index >= 15 is 0 Å². The van der Waals surface area contributed by atoms with Crippen molar-refractivity contribution in [1.29, 1.82) is 0 Å². The van der Waals surface area contributed by atoms with E-state index in [1.807, 2.05) is 42.7 Å². The van der Waals surface area contributed by atoms with E-state index < -0.39 is 17.9 Å². The van der Waals surface area contributed by atoms with Crippen LogP contribution in [0.25, 0.3) is 33.6 Å². The lowest BCUT2D eigenvalue weighted by Gasteiger charge is -2.38. The lowest BCUT2D eigenvalue weighted by atomic mass is 9.95. The van der Waals surface area contributed by atoms with Crippen molar-refractivity contribution in [3.63, 3.8) is 0 Å². The van der Waals surface area contributed by atoms with E-state index in [-0.39, 0.29) is 36.7 Å². The number of thiophene rings is 1. The topological polar surface area (TPSA) is 112 Å². The number of benzene rings is 3. The number of amides is 2. The highest BCUT2D eigenvalue weighted by atomic mass is 32.1. The van der Waals surface area contributed by atoms with E-state index in [0.29, 0.717) is 16.6 Å². The molecule has 1 aliphatic heterocycles. The summed E-state index contributed by atoms with van der Waals surface area (Å²) in [4.78, 5) is 50.5. The summed E-state index contributed by atoms with van der Waals surface area (Å²) in [6, 6.07) is 27.6. The SMILES string of the molecule is CC(C)c1ccc(-c2ccc(-c3cnc(-c4ccc(C[C@H](NC(=O)c5ccc(C(C)(C)C)s5)C(=O)N5CC(C(=O)O)C5)cc4)nc3)cc2)cc1. The normalized spacial score (nSPS) is 13.9. The number of rotatable bonds is 10. The summed E-state index contributed by atoms with van der Waals surface area (Å²) in [5, 5.41) is 12.2. The zero-order chi connectivity index (χ0) is 35.6. The highest BCUT2D eigenvalue weighted by Crippen LogP contribution is 2.30. The molecule has 5 aromatic rings. The summed E-state index contributed by atoms with van der Waals surface area (Å²) in [5.74, 6) is -1.03. The minimum atomic E-state index is -0.921. The van der Waals surface area contributed by atoms with Crippen molar-refractivity contribution >= 4 is 29.1 Å². The van der Waals surface area contributed by atoms with Crippen LogP contribution in [0.2, 0.25) is 0 Å². The fourth-order valence-corrected chi connectivity index (χ4v) is 6.86. The van der Waals surface area contributed by atoms with Crippen LogP contribution < -0.4 is 5.32 Å². The highest BCUT2D eigenvalue weighted by molar-refractivity contribution is 7.14. The van der Waals surface area contributed by atoms with Crippen LogP contribution >= 0.6 is 11.3 Å². The number of carboxylic acids is 1. The number of hydrogen-bond acceptors (Lipinski definition) is 6. The molecule has 1 aliphatic rings. The van der Waals surface area contributed by atoms with Gasteiger partial charge < -0.3 is 15.3 Å². The first-order valence-electron chi connectivity index (χ1n) is 16.9. The Balaban J connectivity index is 1.13. The van der Waals surface area contributed by atoms with Crippen LogP contribution in [-0.2, 0) is 21.4 Å². The third-order valence-corrected chi connectivity index (χ3v) is 10.7. The van der Waals surface area contributed by atoms with Crippen molar-refractivity contribution in [2.45, 2.75) is 58.4 Å². The molecular weight excluding hydrogens is 645 g/mol. The van der Waals surface area contributed by atoms with Gasteiger partial charge in [0.15, 0.2) is 5.82 Å². The van der Waals surface area contributed by atoms with Gasteiger partial charge in [0.2, 0.25) is 5.91 Å². The molecule has 1 atom stereocenters. The lowest BCUT2D eigenvalue weighted by Crippen LogP contribution is -2.59. The van der Waals surface area contributed by atoms with Crippen molar-refractivity contribution in [3.8, 4) is 33.6 Å². The van der Waals surface area contributed by atoms with Crippen LogP contribution in [0.4, 0.5) is 0 Å². The molecule has 9 heteroatoms. The van der Waals surface area contributed by atoms with Gasteiger partial charge in [0.05, 0.1) is 10.8 Å². The third kappa shape index (κ3) is 7.84.